The van der Waals surface area contributed by atoms with Gasteiger partial charge in [-0.3, -0.25) is 4.90 Å². The Bertz CT molecular complexity index is 252. The van der Waals surface area contributed by atoms with Gasteiger partial charge >= 0.3 is 0 Å². The third kappa shape index (κ3) is 5.68. The smallest absolute Gasteiger partial charge is 0.0546 e. The highest BCUT2D eigenvalue weighted by atomic mass is 16.5. The Labute approximate surface area is 125 Å². The van der Waals surface area contributed by atoms with Crippen LogP contribution in [0.2, 0.25) is 0 Å². The molecule has 1 heterocycles. The zero-order valence-electron chi connectivity index (χ0n) is 14.2. The largest absolute Gasteiger partial charge is 0.381 e. The van der Waals surface area contributed by atoms with E-state index in [-0.39, 0.29) is 0 Å². The Morgan fingerprint density at radius 3 is 2.55 bits per heavy atom. The van der Waals surface area contributed by atoms with Gasteiger partial charge in [0.1, 0.15) is 0 Å². The molecule has 0 radical (unpaired) electrons. The minimum atomic E-state index is 0.296. The van der Waals surface area contributed by atoms with Gasteiger partial charge in [-0.25, -0.2) is 0 Å². The maximum absolute atomic E-state index is 5.81. The standard InChI is InChI=1S/C16H35N3O/c1-6-17-12-16(9-8-10-20-14-16)13-19(7-2)15(3)11-18(4)5/h15,17H,6-14H2,1-5H3. The van der Waals surface area contributed by atoms with Crippen molar-refractivity contribution in [3.05, 3.63) is 0 Å². The number of ether oxygens (including phenoxy) is 1. The molecule has 0 aliphatic carbocycles. The van der Waals surface area contributed by atoms with E-state index in [4.69, 9.17) is 4.74 Å². The first kappa shape index (κ1) is 17.9. The van der Waals surface area contributed by atoms with Crippen LogP contribution in [0, 0.1) is 5.41 Å². The van der Waals surface area contributed by atoms with Gasteiger partial charge in [0, 0.05) is 37.7 Å². The van der Waals surface area contributed by atoms with Gasteiger partial charge in [-0.1, -0.05) is 13.8 Å². The summed E-state index contributed by atoms with van der Waals surface area (Å²) >= 11 is 0. The minimum Gasteiger partial charge on any atom is -0.381 e. The fraction of sp³-hybridized carbons (Fsp3) is 1.00. The van der Waals surface area contributed by atoms with Gasteiger partial charge in [0.05, 0.1) is 6.61 Å². The van der Waals surface area contributed by atoms with Crippen LogP contribution < -0.4 is 5.32 Å². The van der Waals surface area contributed by atoms with Crippen molar-refractivity contribution in [2.75, 3.05) is 60.0 Å². The third-order valence-corrected chi connectivity index (χ3v) is 4.35. The normalized spacial score (nSPS) is 25.4. The van der Waals surface area contributed by atoms with E-state index in [1.54, 1.807) is 0 Å². The van der Waals surface area contributed by atoms with Crippen LogP contribution >= 0.6 is 0 Å². The quantitative estimate of drug-likeness (QED) is 0.697. The molecule has 2 atom stereocenters. The van der Waals surface area contributed by atoms with E-state index in [0.29, 0.717) is 11.5 Å². The van der Waals surface area contributed by atoms with Crippen LogP contribution in [-0.2, 0) is 4.74 Å². The molecule has 0 aromatic rings. The lowest BCUT2D eigenvalue weighted by Crippen LogP contribution is -2.52. The summed E-state index contributed by atoms with van der Waals surface area (Å²) in [6, 6.07) is 0.593. The molecule has 4 heteroatoms. The molecule has 20 heavy (non-hydrogen) atoms. The average molecular weight is 285 g/mol. The van der Waals surface area contributed by atoms with Crippen molar-refractivity contribution in [2.45, 2.75) is 39.7 Å². The van der Waals surface area contributed by atoms with Crippen LogP contribution in [0.3, 0.4) is 0 Å². The van der Waals surface area contributed by atoms with Crippen molar-refractivity contribution >= 4 is 0 Å². The highest BCUT2D eigenvalue weighted by molar-refractivity contribution is 4.88. The molecule has 1 fully saturated rings. The zero-order valence-corrected chi connectivity index (χ0v) is 14.2. The fourth-order valence-corrected chi connectivity index (χ4v) is 3.27. The summed E-state index contributed by atoms with van der Waals surface area (Å²) in [6.45, 7) is 14.1. The van der Waals surface area contributed by atoms with Gasteiger partial charge in [-0.2, -0.15) is 0 Å². The van der Waals surface area contributed by atoms with Crippen LogP contribution in [0.1, 0.15) is 33.6 Å². The molecule has 1 N–H and O–H groups in total. The maximum atomic E-state index is 5.81. The molecule has 4 nitrogen and oxygen atoms in total. The Morgan fingerprint density at radius 2 is 2.05 bits per heavy atom. The molecule has 120 valence electrons. The highest BCUT2D eigenvalue weighted by Gasteiger charge is 2.35. The number of rotatable bonds is 9. The summed E-state index contributed by atoms with van der Waals surface area (Å²) < 4.78 is 5.81. The molecule has 0 aromatic heterocycles. The fourth-order valence-electron chi connectivity index (χ4n) is 3.27. The Kier molecular flexibility index (Phi) is 8.03. The van der Waals surface area contributed by atoms with Crippen molar-refractivity contribution in [2.24, 2.45) is 5.41 Å². The molecule has 1 aliphatic heterocycles. The number of hydrogen-bond acceptors (Lipinski definition) is 4. The van der Waals surface area contributed by atoms with Crippen LogP contribution in [0.25, 0.3) is 0 Å². The van der Waals surface area contributed by atoms with E-state index >= 15 is 0 Å². The lowest BCUT2D eigenvalue weighted by atomic mass is 9.81. The first-order valence-electron chi connectivity index (χ1n) is 8.20. The topological polar surface area (TPSA) is 27.7 Å². The zero-order chi connectivity index (χ0) is 15.0. The van der Waals surface area contributed by atoms with Gasteiger partial charge in [0.15, 0.2) is 0 Å². The number of nitrogens with zero attached hydrogens (tertiary/aromatic N) is 2. The second kappa shape index (κ2) is 8.98. The molecule has 0 bridgehead atoms. The molecule has 1 rings (SSSR count). The third-order valence-electron chi connectivity index (χ3n) is 4.35. The van der Waals surface area contributed by atoms with Crippen molar-refractivity contribution in [1.29, 1.82) is 0 Å². The summed E-state index contributed by atoms with van der Waals surface area (Å²) in [5.74, 6) is 0. The molecule has 0 amide bonds. The van der Waals surface area contributed by atoms with Gasteiger partial charge in [0.25, 0.3) is 0 Å². The van der Waals surface area contributed by atoms with Crippen molar-refractivity contribution in [1.82, 2.24) is 15.1 Å². The van der Waals surface area contributed by atoms with Crippen molar-refractivity contribution in [3.8, 4) is 0 Å². The van der Waals surface area contributed by atoms with Crippen LogP contribution in [0.15, 0.2) is 0 Å². The molecular weight excluding hydrogens is 250 g/mol. The summed E-state index contributed by atoms with van der Waals surface area (Å²) in [4.78, 5) is 4.90. The number of likely N-dealkylation sites (N-methyl/N-ethyl adjacent to an activating group) is 2. The molecule has 0 aromatic carbocycles. The Morgan fingerprint density at radius 1 is 1.30 bits per heavy atom. The van der Waals surface area contributed by atoms with Gasteiger partial charge in [0.2, 0.25) is 0 Å². The first-order valence-corrected chi connectivity index (χ1v) is 8.20. The number of hydrogen-bond donors (Lipinski definition) is 1. The molecule has 0 spiro atoms. The van der Waals surface area contributed by atoms with Crippen LogP contribution in [0.4, 0.5) is 0 Å². The summed E-state index contributed by atoms with van der Waals surface area (Å²) in [6.07, 6.45) is 2.48. The highest BCUT2D eigenvalue weighted by Crippen LogP contribution is 2.29. The van der Waals surface area contributed by atoms with Crippen LogP contribution in [-0.4, -0.2) is 75.9 Å². The predicted octanol–water partition coefficient (Wildman–Crippen LogP) is 1.66. The van der Waals surface area contributed by atoms with E-state index in [9.17, 15) is 0 Å². The van der Waals surface area contributed by atoms with Gasteiger partial charge in [-0.15, -0.1) is 0 Å². The van der Waals surface area contributed by atoms with E-state index in [0.717, 1.165) is 45.9 Å². The molecular formula is C16H35N3O. The van der Waals surface area contributed by atoms with Gasteiger partial charge in [-0.05, 0) is 47.0 Å². The first-order chi connectivity index (χ1) is 9.53. The predicted molar refractivity (Wildman–Crippen MR) is 86.3 cm³/mol. The van der Waals surface area contributed by atoms with Crippen molar-refractivity contribution in [3.63, 3.8) is 0 Å². The van der Waals surface area contributed by atoms with E-state index < -0.39 is 0 Å². The number of nitrogens with one attached hydrogen (secondary N) is 1. The molecule has 0 saturated carbocycles. The van der Waals surface area contributed by atoms with Gasteiger partial charge < -0.3 is 15.0 Å². The maximum Gasteiger partial charge on any atom is 0.0546 e. The molecule has 1 aliphatic rings. The van der Waals surface area contributed by atoms with Crippen molar-refractivity contribution < 1.29 is 4.74 Å². The molecule has 2 unspecified atom stereocenters. The summed E-state index contributed by atoms with van der Waals surface area (Å²) in [5.41, 5.74) is 0.296. The average Bonchev–Trinajstić information content (AvgIpc) is 2.43. The van der Waals surface area contributed by atoms with Crippen LogP contribution in [0.5, 0.6) is 0 Å². The second-order valence-corrected chi connectivity index (χ2v) is 6.61. The minimum absolute atomic E-state index is 0.296. The summed E-state index contributed by atoms with van der Waals surface area (Å²) in [7, 11) is 4.31. The monoisotopic (exact) mass is 285 g/mol. The van der Waals surface area contributed by atoms with E-state index in [1.165, 1.54) is 12.8 Å². The Hall–Kier alpha value is -0.160. The van der Waals surface area contributed by atoms with E-state index in [1.807, 2.05) is 0 Å². The lowest BCUT2D eigenvalue weighted by Gasteiger charge is -2.43. The Balaban J connectivity index is 2.65. The lowest BCUT2D eigenvalue weighted by molar-refractivity contribution is -0.0321. The van der Waals surface area contributed by atoms with E-state index in [2.05, 4.69) is 50.0 Å². The summed E-state index contributed by atoms with van der Waals surface area (Å²) in [5, 5.41) is 3.55. The second-order valence-electron chi connectivity index (χ2n) is 6.61. The molecule has 1 saturated heterocycles. The SMILES string of the molecule is CCNCC1(CN(CC)C(C)CN(C)C)CCCOC1.